The van der Waals surface area contributed by atoms with Crippen molar-refractivity contribution in [1.29, 1.82) is 0 Å². The molecule has 8 heteroatoms. The molecule has 0 aliphatic carbocycles. The van der Waals surface area contributed by atoms with Gasteiger partial charge in [-0.15, -0.1) is 10.2 Å². The van der Waals surface area contributed by atoms with Gasteiger partial charge in [0, 0.05) is 35.4 Å². The number of amides is 1. The fourth-order valence-electron chi connectivity index (χ4n) is 2.35. The van der Waals surface area contributed by atoms with E-state index < -0.39 is 0 Å². The van der Waals surface area contributed by atoms with Crippen molar-refractivity contribution >= 4 is 33.6 Å². The van der Waals surface area contributed by atoms with E-state index in [0.717, 1.165) is 15.6 Å². The molecule has 26 heavy (non-hydrogen) atoms. The van der Waals surface area contributed by atoms with E-state index in [1.807, 2.05) is 48.5 Å². The van der Waals surface area contributed by atoms with Crippen LogP contribution in [0.25, 0.3) is 11.4 Å². The normalized spacial score (nSPS) is 10.7. The van der Waals surface area contributed by atoms with Gasteiger partial charge in [0.15, 0.2) is 5.82 Å². The van der Waals surface area contributed by atoms with Crippen molar-refractivity contribution in [1.82, 2.24) is 19.8 Å². The second kappa shape index (κ2) is 7.92. The first-order valence-electron chi connectivity index (χ1n) is 7.86. The van der Waals surface area contributed by atoms with Gasteiger partial charge in [0.05, 0.1) is 0 Å². The van der Waals surface area contributed by atoms with Crippen LogP contribution in [0, 0.1) is 0 Å². The number of nitrogens with zero attached hydrogens (tertiary/aromatic N) is 4. The van der Waals surface area contributed by atoms with Crippen LogP contribution in [0.5, 0.6) is 0 Å². The summed E-state index contributed by atoms with van der Waals surface area (Å²) in [7, 11) is 3.48. The predicted molar refractivity (Wildman–Crippen MR) is 107 cm³/mol. The third kappa shape index (κ3) is 3.91. The Morgan fingerprint density at radius 2 is 1.85 bits per heavy atom. The minimum absolute atomic E-state index is 0.0102. The summed E-state index contributed by atoms with van der Waals surface area (Å²) in [6.45, 7) is 0. The summed E-state index contributed by atoms with van der Waals surface area (Å²) < 4.78 is 2.41. The molecule has 0 unspecified atom stereocenters. The van der Waals surface area contributed by atoms with Crippen molar-refractivity contribution in [2.24, 2.45) is 0 Å². The predicted octanol–water partition coefficient (Wildman–Crippen LogP) is 3.42. The van der Waals surface area contributed by atoms with Gasteiger partial charge < -0.3 is 10.7 Å². The summed E-state index contributed by atoms with van der Waals surface area (Å²) in [5, 5.41) is 9.02. The van der Waals surface area contributed by atoms with Crippen molar-refractivity contribution in [3.63, 3.8) is 0 Å². The van der Waals surface area contributed by atoms with Gasteiger partial charge in [-0.25, -0.2) is 4.68 Å². The summed E-state index contributed by atoms with van der Waals surface area (Å²) in [5.41, 5.74) is 2.64. The number of aromatic nitrogens is 3. The molecule has 0 saturated carbocycles. The lowest BCUT2D eigenvalue weighted by Gasteiger charge is -2.10. The van der Waals surface area contributed by atoms with Crippen molar-refractivity contribution in [2.75, 3.05) is 19.9 Å². The van der Waals surface area contributed by atoms with Crippen LogP contribution >= 0.6 is 27.7 Å². The SMILES string of the molecule is CN(C)C(=O)c1ccc(CSc2nnc(-c3ccccc3Br)n2N)cc1. The number of rotatable bonds is 5. The molecule has 1 amide bonds. The summed E-state index contributed by atoms with van der Waals surface area (Å²) in [5.74, 6) is 7.44. The Morgan fingerprint density at radius 3 is 2.50 bits per heavy atom. The van der Waals surface area contributed by atoms with E-state index in [1.165, 1.54) is 16.4 Å². The van der Waals surface area contributed by atoms with E-state index in [4.69, 9.17) is 5.84 Å². The van der Waals surface area contributed by atoms with Crippen LogP contribution in [-0.2, 0) is 5.75 Å². The van der Waals surface area contributed by atoms with Crippen LogP contribution in [0.1, 0.15) is 15.9 Å². The van der Waals surface area contributed by atoms with Crippen LogP contribution in [0.15, 0.2) is 58.2 Å². The Labute approximate surface area is 164 Å². The highest BCUT2D eigenvalue weighted by atomic mass is 79.9. The molecular weight excluding hydrogens is 414 g/mol. The number of nitrogen functional groups attached to an aromatic ring is 1. The Hall–Kier alpha value is -2.32. The standard InChI is InChI=1S/C18H18BrN5OS/c1-23(2)17(25)13-9-7-12(8-10-13)11-26-18-22-21-16(24(18)20)14-5-3-4-6-15(14)19/h3-10H,11,20H2,1-2H3. The zero-order valence-electron chi connectivity index (χ0n) is 14.4. The monoisotopic (exact) mass is 431 g/mol. The van der Waals surface area contributed by atoms with E-state index in [9.17, 15) is 4.79 Å². The largest absolute Gasteiger partial charge is 0.345 e. The lowest BCUT2D eigenvalue weighted by Crippen LogP contribution is -2.21. The molecule has 0 atom stereocenters. The lowest BCUT2D eigenvalue weighted by atomic mass is 10.1. The molecule has 0 aliphatic heterocycles. The minimum atomic E-state index is -0.0102. The first-order valence-corrected chi connectivity index (χ1v) is 9.64. The number of hydrogen-bond donors (Lipinski definition) is 1. The van der Waals surface area contributed by atoms with E-state index in [1.54, 1.807) is 19.0 Å². The van der Waals surface area contributed by atoms with Gasteiger partial charge in [-0.3, -0.25) is 4.79 Å². The molecule has 0 fully saturated rings. The average Bonchev–Trinajstić information content (AvgIpc) is 3.00. The minimum Gasteiger partial charge on any atom is -0.345 e. The number of benzene rings is 2. The number of carbonyl (C=O) groups excluding carboxylic acids is 1. The van der Waals surface area contributed by atoms with Gasteiger partial charge in [0.2, 0.25) is 5.16 Å². The quantitative estimate of drug-likeness (QED) is 0.494. The van der Waals surface area contributed by atoms with E-state index in [0.29, 0.717) is 22.3 Å². The number of thioether (sulfide) groups is 1. The van der Waals surface area contributed by atoms with Crippen LogP contribution in [-0.4, -0.2) is 39.8 Å². The topological polar surface area (TPSA) is 77.0 Å². The van der Waals surface area contributed by atoms with Crippen LogP contribution in [0.3, 0.4) is 0 Å². The molecule has 2 N–H and O–H groups in total. The van der Waals surface area contributed by atoms with Gasteiger partial charge in [-0.05, 0) is 29.8 Å². The molecule has 3 aromatic rings. The average molecular weight is 432 g/mol. The maximum atomic E-state index is 11.9. The first kappa shape index (κ1) is 18.5. The highest BCUT2D eigenvalue weighted by molar-refractivity contribution is 9.10. The molecule has 0 bridgehead atoms. The fraction of sp³-hybridized carbons (Fsp3) is 0.167. The molecule has 6 nitrogen and oxygen atoms in total. The molecule has 0 saturated heterocycles. The van der Waals surface area contributed by atoms with Gasteiger partial charge in [0.25, 0.3) is 5.91 Å². The van der Waals surface area contributed by atoms with Crippen LogP contribution < -0.4 is 5.84 Å². The molecule has 1 heterocycles. The van der Waals surface area contributed by atoms with Crippen LogP contribution in [0.4, 0.5) is 0 Å². The number of halogens is 1. The molecule has 2 aromatic carbocycles. The first-order chi connectivity index (χ1) is 12.5. The second-order valence-electron chi connectivity index (χ2n) is 5.84. The van der Waals surface area contributed by atoms with E-state index >= 15 is 0 Å². The third-order valence-electron chi connectivity index (χ3n) is 3.75. The highest BCUT2D eigenvalue weighted by Gasteiger charge is 2.14. The molecule has 0 aliphatic rings. The molecule has 3 rings (SSSR count). The van der Waals surface area contributed by atoms with E-state index in [-0.39, 0.29) is 5.91 Å². The summed E-state index contributed by atoms with van der Waals surface area (Å²) in [6.07, 6.45) is 0. The smallest absolute Gasteiger partial charge is 0.253 e. The zero-order chi connectivity index (χ0) is 18.7. The van der Waals surface area contributed by atoms with Gasteiger partial charge in [-0.2, -0.15) is 0 Å². The Bertz CT molecular complexity index is 924. The van der Waals surface area contributed by atoms with Gasteiger partial charge >= 0.3 is 0 Å². The number of hydrogen-bond acceptors (Lipinski definition) is 5. The van der Waals surface area contributed by atoms with Crippen molar-refractivity contribution in [3.05, 3.63) is 64.1 Å². The van der Waals surface area contributed by atoms with Crippen molar-refractivity contribution in [3.8, 4) is 11.4 Å². The Kier molecular flexibility index (Phi) is 5.63. The molecule has 0 spiro atoms. The van der Waals surface area contributed by atoms with Crippen molar-refractivity contribution in [2.45, 2.75) is 10.9 Å². The summed E-state index contributed by atoms with van der Waals surface area (Å²) in [6, 6.07) is 15.3. The summed E-state index contributed by atoms with van der Waals surface area (Å²) in [4.78, 5) is 13.5. The fourth-order valence-corrected chi connectivity index (χ4v) is 3.63. The Morgan fingerprint density at radius 1 is 1.15 bits per heavy atom. The zero-order valence-corrected chi connectivity index (χ0v) is 16.8. The Balaban J connectivity index is 1.71. The third-order valence-corrected chi connectivity index (χ3v) is 5.46. The molecule has 134 valence electrons. The molecular formula is C18H18BrN5OS. The maximum Gasteiger partial charge on any atom is 0.253 e. The number of carbonyl (C=O) groups is 1. The molecule has 0 radical (unpaired) electrons. The van der Waals surface area contributed by atoms with Gasteiger partial charge in [-0.1, -0.05) is 52.0 Å². The second-order valence-corrected chi connectivity index (χ2v) is 7.64. The van der Waals surface area contributed by atoms with Crippen molar-refractivity contribution < 1.29 is 4.79 Å². The van der Waals surface area contributed by atoms with Gasteiger partial charge in [0.1, 0.15) is 0 Å². The molecule has 1 aromatic heterocycles. The van der Waals surface area contributed by atoms with E-state index in [2.05, 4.69) is 26.1 Å². The number of nitrogens with two attached hydrogens (primary N) is 1. The lowest BCUT2D eigenvalue weighted by molar-refractivity contribution is 0.0827. The highest BCUT2D eigenvalue weighted by Crippen LogP contribution is 2.29. The summed E-state index contributed by atoms with van der Waals surface area (Å²) >= 11 is 5.00. The maximum absolute atomic E-state index is 11.9. The van der Waals surface area contributed by atoms with Crippen LogP contribution in [0.2, 0.25) is 0 Å².